The minimum Gasteiger partial charge on any atom is -0.493 e. The number of nitrogens with zero attached hydrogens (tertiary/aromatic N) is 1. The molecule has 1 N–H and O–H groups in total. The van der Waals surface area contributed by atoms with Crippen LogP contribution in [0.1, 0.15) is 38.3 Å². The van der Waals surface area contributed by atoms with E-state index in [1.807, 2.05) is 25.1 Å². The maximum absolute atomic E-state index is 5.89. The van der Waals surface area contributed by atoms with Gasteiger partial charge in [-0.2, -0.15) is 0 Å². The average Bonchev–Trinajstić information content (AvgIpc) is 2.49. The Morgan fingerprint density at radius 1 is 1.36 bits per heavy atom. The first-order valence-electron chi connectivity index (χ1n) is 7.86. The summed E-state index contributed by atoms with van der Waals surface area (Å²) in [7, 11) is 0. The lowest BCUT2D eigenvalue weighted by atomic mass is 10.1. The summed E-state index contributed by atoms with van der Waals surface area (Å²) >= 11 is 0. The highest BCUT2D eigenvalue weighted by Gasteiger charge is 2.05. The first kappa shape index (κ1) is 18.2. The number of hydrogen-bond donors (Lipinski definition) is 1. The van der Waals surface area contributed by atoms with Gasteiger partial charge < -0.3 is 14.9 Å². The van der Waals surface area contributed by atoms with E-state index in [2.05, 4.69) is 37.0 Å². The number of ether oxygens (including phenoxy) is 1. The maximum Gasteiger partial charge on any atom is 0.142 e. The average molecular weight is 304 g/mol. The molecule has 1 rings (SSSR count). The molecule has 0 heterocycles. The number of nitrogens with one attached hydrogen (secondary N) is 1. The predicted molar refractivity (Wildman–Crippen MR) is 92.5 cm³/mol. The van der Waals surface area contributed by atoms with E-state index in [-0.39, 0.29) is 0 Å². The lowest BCUT2D eigenvalue weighted by molar-refractivity contribution is 0.131. The second-order valence-electron chi connectivity index (χ2n) is 5.38. The topological polar surface area (TPSA) is 42.9 Å². The van der Waals surface area contributed by atoms with Crippen LogP contribution < -0.4 is 10.1 Å². The summed E-state index contributed by atoms with van der Waals surface area (Å²) in [5, 5.41) is 7.15. The van der Waals surface area contributed by atoms with E-state index in [1.165, 1.54) is 0 Å². The highest BCUT2D eigenvalue weighted by Crippen LogP contribution is 2.22. The molecule has 0 aliphatic carbocycles. The molecule has 0 bridgehead atoms. The fraction of sp³-hybridized carbons (Fsp3) is 0.500. The van der Waals surface area contributed by atoms with Crippen LogP contribution in [-0.2, 0) is 17.9 Å². The van der Waals surface area contributed by atoms with Crippen LogP contribution in [0.15, 0.2) is 36.0 Å². The van der Waals surface area contributed by atoms with Gasteiger partial charge in [0.1, 0.15) is 12.4 Å². The van der Waals surface area contributed by atoms with Crippen molar-refractivity contribution in [1.29, 1.82) is 0 Å². The van der Waals surface area contributed by atoms with E-state index >= 15 is 0 Å². The summed E-state index contributed by atoms with van der Waals surface area (Å²) in [6, 6.07) is 6.62. The van der Waals surface area contributed by atoms with Gasteiger partial charge >= 0.3 is 0 Å². The van der Waals surface area contributed by atoms with Crippen molar-refractivity contribution >= 4 is 6.21 Å². The summed E-state index contributed by atoms with van der Waals surface area (Å²) in [5.74, 6) is 0.923. The van der Waals surface area contributed by atoms with E-state index in [0.717, 1.165) is 36.3 Å². The van der Waals surface area contributed by atoms with Crippen LogP contribution in [0, 0.1) is 0 Å². The first-order valence-corrected chi connectivity index (χ1v) is 7.86. The molecule has 0 atom stereocenters. The van der Waals surface area contributed by atoms with E-state index in [1.54, 1.807) is 6.21 Å². The Kier molecular flexibility index (Phi) is 9.00. The standard InChI is InChI=1S/C18H28N2O2/c1-5-8-17-13-16(14-22-20-6-2)9-10-18(17)21-12-7-11-19-15(3)4/h5-6,9-10,13,15,19H,1,7-8,11-12,14H2,2-4H3. The Labute approximate surface area is 134 Å². The quantitative estimate of drug-likeness (QED) is 0.293. The summed E-state index contributed by atoms with van der Waals surface area (Å²) in [5.41, 5.74) is 2.21. The van der Waals surface area contributed by atoms with Crippen LogP contribution in [0.25, 0.3) is 0 Å². The molecule has 0 spiro atoms. The third-order valence-corrected chi connectivity index (χ3v) is 3.03. The molecule has 0 aliphatic heterocycles. The summed E-state index contributed by atoms with van der Waals surface area (Å²) in [6.07, 6.45) is 5.29. The molecule has 22 heavy (non-hydrogen) atoms. The van der Waals surface area contributed by atoms with Gasteiger partial charge in [0.2, 0.25) is 0 Å². The summed E-state index contributed by atoms with van der Waals surface area (Å²) in [4.78, 5) is 5.17. The van der Waals surface area contributed by atoms with Gasteiger partial charge in [-0.1, -0.05) is 31.1 Å². The van der Waals surface area contributed by atoms with Gasteiger partial charge in [0, 0.05) is 12.3 Å². The molecule has 0 radical (unpaired) electrons. The van der Waals surface area contributed by atoms with Crippen molar-refractivity contribution in [2.75, 3.05) is 13.2 Å². The Hall–Kier alpha value is -1.81. The number of rotatable bonds is 11. The van der Waals surface area contributed by atoms with Crippen LogP contribution in [0.4, 0.5) is 0 Å². The largest absolute Gasteiger partial charge is 0.493 e. The van der Waals surface area contributed by atoms with Gasteiger partial charge in [-0.15, -0.1) is 6.58 Å². The van der Waals surface area contributed by atoms with Gasteiger partial charge in [-0.25, -0.2) is 0 Å². The molecule has 0 aromatic heterocycles. The molecule has 0 aliphatic rings. The van der Waals surface area contributed by atoms with Crippen LogP contribution in [0.2, 0.25) is 0 Å². The summed E-state index contributed by atoms with van der Waals surface area (Å²) < 4.78 is 5.89. The van der Waals surface area contributed by atoms with Crippen LogP contribution in [-0.4, -0.2) is 25.4 Å². The Balaban J connectivity index is 2.55. The smallest absolute Gasteiger partial charge is 0.142 e. The zero-order chi connectivity index (χ0) is 16.2. The predicted octanol–water partition coefficient (Wildman–Crippen LogP) is 3.70. The SMILES string of the molecule is C=CCc1cc(CON=CC)ccc1OCCCNC(C)C. The lowest BCUT2D eigenvalue weighted by Crippen LogP contribution is -2.24. The number of oxime groups is 1. The van der Waals surface area contributed by atoms with Crippen LogP contribution >= 0.6 is 0 Å². The third-order valence-electron chi connectivity index (χ3n) is 3.03. The van der Waals surface area contributed by atoms with Crippen molar-refractivity contribution in [3.63, 3.8) is 0 Å². The zero-order valence-electron chi connectivity index (χ0n) is 14.0. The minimum absolute atomic E-state index is 0.465. The van der Waals surface area contributed by atoms with Gasteiger partial charge in [0.15, 0.2) is 0 Å². The van der Waals surface area contributed by atoms with E-state index in [9.17, 15) is 0 Å². The van der Waals surface area contributed by atoms with Crippen molar-refractivity contribution in [2.24, 2.45) is 5.16 Å². The van der Waals surface area contributed by atoms with Gasteiger partial charge in [0.05, 0.1) is 6.61 Å². The number of benzene rings is 1. The monoisotopic (exact) mass is 304 g/mol. The zero-order valence-corrected chi connectivity index (χ0v) is 14.0. The van der Waals surface area contributed by atoms with E-state index < -0.39 is 0 Å². The first-order chi connectivity index (χ1) is 10.7. The Morgan fingerprint density at radius 2 is 2.18 bits per heavy atom. The minimum atomic E-state index is 0.465. The van der Waals surface area contributed by atoms with Crippen LogP contribution in [0.3, 0.4) is 0 Å². The highest BCUT2D eigenvalue weighted by atomic mass is 16.6. The van der Waals surface area contributed by atoms with Crippen molar-refractivity contribution < 1.29 is 9.57 Å². The van der Waals surface area contributed by atoms with Crippen molar-refractivity contribution in [3.05, 3.63) is 42.0 Å². The van der Waals surface area contributed by atoms with Crippen molar-refractivity contribution in [3.8, 4) is 5.75 Å². The summed E-state index contributed by atoms with van der Waals surface area (Å²) in [6.45, 7) is 12.1. The third kappa shape index (κ3) is 7.27. The van der Waals surface area contributed by atoms with Gasteiger partial charge in [-0.05, 0) is 49.6 Å². The van der Waals surface area contributed by atoms with Gasteiger partial charge in [-0.3, -0.25) is 0 Å². The molecule has 4 nitrogen and oxygen atoms in total. The molecule has 0 unspecified atom stereocenters. The number of allylic oxidation sites excluding steroid dienone is 1. The molecular formula is C18H28N2O2. The molecule has 0 saturated carbocycles. The number of hydrogen-bond acceptors (Lipinski definition) is 4. The Morgan fingerprint density at radius 3 is 2.86 bits per heavy atom. The van der Waals surface area contributed by atoms with Gasteiger partial charge in [0.25, 0.3) is 0 Å². The second-order valence-corrected chi connectivity index (χ2v) is 5.38. The lowest BCUT2D eigenvalue weighted by Gasteiger charge is -2.13. The van der Waals surface area contributed by atoms with Crippen LogP contribution in [0.5, 0.6) is 5.75 Å². The van der Waals surface area contributed by atoms with Crippen molar-refractivity contribution in [2.45, 2.75) is 46.3 Å². The molecule has 1 aromatic rings. The highest BCUT2D eigenvalue weighted by molar-refractivity contribution is 5.52. The molecule has 1 aromatic carbocycles. The second kappa shape index (κ2) is 10.9. The molecule has 0 saturated heterocycles. The maximum atomic E-state index is 5.89. The van der Waals surface area contributed by atoms with Crippen molar-refractivity contribution in [1.82, 2.24) is 5.32 Å². The Bertz CT molecular complexity index is 470. The fourth-order valence-electron chi connectivity index (χ4n) is 2.01. The molecular weight excluding hydrogens is 276 g/mol. The normalized spacial score (nSPS) is 11.1. The fourth-order valence-corrected chi connectivity index (χ4v) is 2.01. The molecule has 122 valence electrons. The molecule has 4 heteroatoms. The van der Waals surface area contributed by atoms with E-state index in [0.29, 0.717) is 19.3 Å². The van der Waals surface area contributed by atoms with E-state index in [4.69, 9.17) is 9.57 Å². The molecule has 0 amide bonds. The molecule has 0 fully saturated rings.